The summed E-state index contributed by atoms with van der Waals surface area (Å²) in [7, 11) is -29.4. The zero-order valence-corrected chi connectivity index (χ0v) is 43.7. The second kappa shape index (κ2) is 23.0. The van der Waals surface area contributed by atoms with Gasteiger partial charge < -0.3 is 23.9 Å². The number of rotatable bonds is 16. The van der Waals surface area contributed by atoms with E-state index in [0.29, 0.717) is 12.1 Å². The first-order valence-corrected chi connectivity index (χ1v) is 23.0. The molecule has 33 heteroatoms. The maximum Gasteiger partial charge on any atom is 1.00 e. The first-order valence-electron chi connectivity index (χ1n) is 14.2. The number of nitrogens with zero attached hydrogens (tertiary/aromatic N) is 4. The van der Waals surface area contributed by atoms with Crippen molar-refractivity contribution in [1.82, 2.24) is 0 Å². The molecule has 0 saturated heterocycles. The van der Waals surface area contributed by atoms with Crippen molar-refractivity contribution in [1.29, 1.82) is 0 Å². The standard InChI is InChI=1S/C26H25N5O18S6.4Na/c27-25-21-15-22(30-28-17-1-5-19(6-2-17)50(32,33)11-9-48-54(42,43)44)23(52(36,37)38)13-16(21)14-24(53(39,40)41)26(25)31-29-18-3-7-20(8-4-18)51(34,35)12-10-49-55(45,46)47;;;;/h1-8,13-15H,9-12,27H2,(H,36,37,38)(H,39,40,41)(H,42,43,44)(H,45,46,47);;;;/q;4*+1/p-4. The third kappa shape index (κ3) is 17.2. The average Bonchev–Trinajstić information content (AvgIpc) is 3.04. The molecule has 2 N–H and O–H groups in total. The van der Waals surface area contributed by atoms with Crippen molar-refractivity contribution in [3.63, 3.8) is 0 Å². The molecule has 298 valence electrons. The Morgan fingerprint density at radius 1 is 0.508 bits per heavy atom. The predicted molar refractivity (Wildman–Crippen MR) is 181 cm³/mol. The third-order valence-corrected chi connectivity index (χ3v) is 12.8. The quantitative estimate of drug-likeness (QED) is 0.0358. The van der Waals surface area contributed by atoms with Crippen LogP contribution in [0.25, 0.3) is 10.8 Å². The molecular formula is C26H21N5Na4O18S6. The smallest absolute Gasteiger partial charge is 0.744 e. The molecule has 0 saturated carbocycles. The molecule has 4 rings (SSSR count). The van der Waals surface area contributed by atoms with Crippen LogP contribution in [0.1, 0.15) is 0 Å². The summed E-state index contributed by atoms with van der Waals surface area (Å²) in [6.07, 6.45) is 0. The van der Waals surface area contributed by atoms with Crippen LogP contribution in [0.15, 0.2) is 107 Å². The van der Waals surface area contributed by atoms with Crippen LogP contribution in [0.3, 0.4) is 0 Å². The Balaban J connectivity index is 0.00000841. The number of nitrogens with two attached hydrogens (primary N) is 1. The van der Waals surface area contributed by atoms with Crippen LogP contribution in [0.5, 0.6) is 0 Å². The second-order valence-electron chi connectivity index (χ2n) is 10.6. The van der Waals surface area contributed by atoms with Crippen molar-refractivity contribution in [2.75, 3.05) is 30.5 Å². The van der Waals surface area contributed by atoms with Gasteiger partial charge in [-0.2, -0.15) is 10.2 Å². The van der Waals surface area contributed by atoms with Crippen molar-refractivity contribution < 1.29 is 195 Å². The van der Waals surface area contributed by atoms with Gasteiger partial charge in [0.25, 0.3) is 0 Å². The minimum atomic E-state index is -5.43. The molecule has 0 unspecified atom stereocenters. The van der Waals surface area contributed by atoms with Crippen LogP contribution in [0.4, 0.5) is 28.4 Å². The number of hydrogen-bond acceptors (Lipinski definition) is 23. The maximum atomic E-state index is 12.4. The van der Waals surface area contributed by atoms with Gasteiger partial charge in [0, 0.05) is 5.39 Å². The van der Waals surface area contributed by atoms with Gasteiger partial charge in [0.1, 0.15) is 31.6 Å². The van der Waals surface area contributed by atoms with E-state index in [1.807, 2.05) is 0 Å². The fourth-order valence-electron chi connectivity index (χ4n) is 4.37. The van der Waals surface area contributed by atoms with E-state index in [9.17, 15) is 68.7 Å². The monoisotopic (exact) mass is 975 g/mol. The summed E-state index contributed by atoms with van der Waals surface area (Å²) in [6.45, 7) is -1.92. The number of fused-ring (bicyclic) bond motifs is 1. The van der Waals surface area contributed by atoms with Crippen molar-refractivity contribution in [2.45, 2.75) is 19.6 Å². The van der Waals surface area contributed by atoms with Crippen molar-refractivity contribution in [3.05, 3.63) is 66.7 Å². The summed E-state index contributed by atoms with van der Waals surface area (Å²) in [5.41, 5.74) is 3.93. The van der Waals surface area contributed by atoms with E-state index >= 15 is 0 Å². The molecular weight excluding hydrogens is 955 g/mol. The van der Waals surface area contributed by atoms with Gasteiger partial charge in [-0.1, -0.05) is 0 Å². The summed E-state index contributed by atoms with van der Waals surface area (Å²) < 4.78 is 194. The molecule has 0 fully saturated rings. The van der Waals surface area contributed by atoms with E-state index in [0.717, 1.165) is 54.6 Å². The summed E-state index contributed by atoms with van der Waals surface area (Å²) >= 11 is 0. The molecule has 59 heavy (non-hydrogen) atoms. The largest absolute Gasteiger partial charge is 1.00 e. The molecule has 0 aromatic heterocycles. The summed E-state index contributed by atoms with van der Waals surface area (Å²) in [6, 6.07) is 10.6. The van der Waals surface area contributed by atoms with Gasteiger partial charge in [0.05, 0.1) is 61.4 Å². The van der Waals surface area contributed by atoms with Crippen LogP contribution in [-0.2, 0) is 69.1 Å². The average molecular weight is 976 g/mol. The Labute approximate surface area is 426 Å². The van der Waals surface area contributed by atoms with Crippen molar-refractivity contribution in [2.24, 2.45) is 20.5 Å². The maximum absolute atomic E-state index is 12.4. The van der Waals surface area contributed by atoms with E-state index in [2.05, 4.69) is 28.8 Å². The van der Waals surface area contributed by atoms with Gasteiger partial charge in [-0.25, -0.2) is 50.5 Å². The molecule has 0 aliphatic carbocycles. The topological polar surface area (TPSA) is 391 Å². The minimum absolute atomic E-state index is 0. The molecule has 0 spiro atoms. The van der Waals surface area contributed by atoms with Crippen LogP contribution in [0, 0.1) is 0 Å². The van der Waals surface area contributed by atoms with Crippen LogP contribution in [0.2, 0.25) is 0 Å². The van der Waals surface area contributed by atoms with Crippen LogP contribution >= 0.6 is 0 Å². The number of nitrogen functional groups attached to an aromatic ring is 1. The minimum Gasteiger partial charge on any atom is -0.744 e. The Morgan fingerprint density at radius 2 is 0.881 bits per heavy atom. The molecule has 0 heterocycles. The van der Waals surface area contributed by atoms with Gasteiger partial charge in [-0.3, -0.25) is 8.37 Å². The Morgan fingerprint density at radius 3 is 1.25 bits per heavy atom. The fourth-order valence-corrected chi connectivity index (χ4v) is 8.62. The zero-order valence-electron chi connectivity index (χ0n) is 30.8. The summed E-state index contributed by atoms with van der Waals surface area (Å²) in [4.78, 5) is -2.86. The first kappa shape index (κ1) is 58.6. The second-order valence-corrected chi connectivity index (χ2v) is 19.6. The molecule has 0 bridgehead atoms. The van der Waals surface area contributed by atoms with Crippen molar-refractivity contribution >= 4 is 99.9 Å². The zero-order chi connectivity index (χ0) is 41.2. The summed E-state index contributed by atoms with van der Waals surface area (Å²) in [5, 5.41) is 14.4. The van der Waals surface area contributed by atoms with Gasteiger partial charge in [-0.05, 0) is 72.1 Å². The van der Waals surface area contributed by atoms with Crippen LogP contribution in [-0.4, -0.2) is 93.4 Å². The molecule has 4 aromatic carbocycles. The van der Waals surface area contributed by atoms with Crippen LogP contribution < -0.4 is 124 Å². The normalized spacial score (nSPS) is 12.7. The SMILES string of the molecule is Nc1c(N=Nc2ccc(S(=O)(=O)CCOS(=O)(=O)[O-])cc2)c(S(=O)(=O)[O-])cc2cc(S(=O)(=O)[O-])c(N=Nc3ccc(S(=O)(=O)CCOS(=O)(=O)[O-])cc3)cc12.[Na+].[Na+].[Na+].[Na+]. The number of benzene rings is 4. The molecule has 0 aliphatic heterocycles. The number of azo groups is 2. The molecule has 0 radical (unpaired) electrons. The Bertz CT molecular complexity index is 2900. The third-order valence-electron chi connectivity index (χ3n) is 6.82. The molecule has 0 amide bonds. The van der Waals surface area contributed by atoms with Gasteiger partial charge in [-0.15, -0.1) is 10.2 Å². The van der Waals surface area contributed by atoms with E-state index in [1.54, 1.807) is 0 Å². The van der Waals surface area contributed by atoms with Gasteiger partial charge in [0.2, 0.25) is 20.8 Å². The van der Waals surface area contributed by atoms with Gasteiger partial charge in [0.15, 0.2) is 19.7 Å². The number of anilines is 1. The van der Waals surface area contributed by atoms with Crippen molar-refractivity contribution in [3.8, 4) is 0 Å². The molecule has 23 nitrogen and oxygen atoms in total. The van der Waals surface area contributed by atoms with E-state index in [1.165, 1.54) is 0 Å². The number of sulfone groups is 2. The Hall–Kier alpha value is -0.400. The number of hydrogen-bond donors (Lipinski definition) is 1. The van der Waals surface area contributed by atoms with E-state index in [-0.39, 0.29) is 150 Å². The fraction of sp³-hybridized carbons (Fsp3) is 0.154. The van der Waals surface area contributed by atoms with E-state index in [4.69, 9.17) is 5.73 Å². The molecule has 0 atom stereocenters. The van der Waals surface area contributed by atoms with E-state index < -0.39 is 112 Å². The summed E-state index contributed by atoms with van der Waals surface area (Å²) in [5.74, 6) is -1.77. The predicted octanol–water partition coefficient (Wildman–Crippen LogP) is -10.4. The molecule has 4 aromatic rings. The van der Waals surface area contributed by atoms with Gasteiger partial charge >= 0.3 is 118 Å². The first-order chi connectivity index (χ1) is 25.2. The molecule has 0 aliphatic rings. The Kier molecular flexibility index (Phi) is 22.8.